The van der Waals surface area contributed by atoms with E-state index in [0.29, 0.717) is 12.4 Å². The van der Waals surface area contributed by atoms with E-state index in [-0.39, 0.29) is 17.7 Å². The van der Waals surface area contributed by atoms with Gasteiger partial charge in [0.1, 0.15) is 16.6 Å². The van der Waals surface area contributed by atoms with E-state index in [1.807, 2.05) is 26.1 Å². The van der Waals surface area contributed by atoms with Gasteiger partial charge in [-0.25, -0.2) is 14.5 Å². The van der Waals surface area contributed by atoms with Crippen LogP contribution in [-0.2, 0) is 4.79 Å². The van der Waals surface area contributed by atoms with E-state index in [1.165, 1.54) is 0 Å². The largest absolute Gasteiger partial charge is 0.293 e. The Morgan fingerprint density at radius 2 is 2.22 bits per heavy atom. The monoisotopic (exact) mass is 378 g/mol. The standard InChI is InChI=1S/C19H18N6OS/c1-11-8-24(18(26)19(11,10-20)13-3-4-13)17-15-5-6-22-25(15)9-14(23-17)16-7-21-12(2)27-16/h5-7,9,11,13H,3-4,8H2,1-2H3/t11-,19+/m1/s1. The van der Waals surface area contributed by atoms with Crippen molar-refractivity contribution < 1.29 is 4.79 Å². The van der Waals surface area contributed by atoms with E-state index >= 15 is 0 Å². The third-order valence-electron chi connectivity index (χ3n) is 5.74. The molecule has 0 aromatic carbocycles. The second-order valence-corrected chi connectivity index (χ2v) is 8.66. The molecule has 8 heteroatoms. The average molecular weight is 378 g/mol. The summed E-state index contributed by atoms with van der Waals surface area (Å²) in [6, 6.07) is 4.23. The van der Waals surface area contributed by atoms with Gasteiger partial charge < -0.3 is 0 Å². The fourth-order valence-corrected chi connectivity index (χ4v) is 4.92. The van der Waals surface area contributed by atoms with E-state index in [1.54, 1.807) is 33.1 Å². The highest BCUT2D eigenvalue weighted by molar-refractivity contribution is 7.15. The maximum Gasteiger partial charge on any atom is 0.249 e. The Morgan fingerprint density at radius 3 is 2.89 bits per heavy atom. The Hall–Kier alpha value is -2.79. The number of hydrogen-bond donors (Lipinski definition) is 0. The van der Waals surface area contributed by atoms with Gasteiger partial charge in [0.15, 0.2) is 5.82 Å². The smallest absolute Gasteiger partial charge is 0.249 e. The lowest BCUT2D eigenvalue weighted by Crippen LogP contribution is -2.37. The summed E-state index contributed by atoms with van der Waals surface area (Å²) >= 11 is 1.55. The van der Waals surface area contributed by atoms with Crippen LogP contribution in [0.3, 0.4) is 0 Å². The topological polar surface area (TPSA) is 87.2 Å². The van der Waals surface area contributed by atoms with Crippen molar-refractivity contribution in [1.29, 1.82) is 5.26 Å². The van der Waals surface area contributed by atoms with Crippen molar-refractivity contribution in [2.24, 2.45) is 17.3 Å². The van der Waals surface area contributed by atoms with E-state index in [4.69, 9.17) is 4.98 Å². The Bertz CT molecular complexity index is 1110. The highest BCUT2D eigenvalue weighted by Gasteiger charge is 2.61. The SMILES string of the molecule is Cc1ncc(-c2cn3nccc3c(N3C[C@@H](C)[C@@](C#N)(C4CC4)C3=O)n2)s1. The normalized spacial score (nSPS) is 25.3. The molecule has 1 aliphatic carbocycles. The number of fused-ring (bicyclic) bond motifs is 1. The lowest BCUT2D eigenvalue weighted by atomic mass is 9.75. The van der Waals surface area contributed by atoms with Crippen LogP contribution in [0.2, 0.25) is 0 Å². The summed E-state index contributed by atoms with van der Waals surface area (Å²) in [7, 11) is 0. The van der Waals surface area contributed by atoms with Gasteiger partial charge in [-0.15, -0.1) is 11.3 Å². The summed E-state index contributed by atoms with van der Waals surface area (Å²) < 4.78 is 1.74. The van der Waals surface area contributed by atoms with Crippen molar-refractivity contribution in [2.45, 2.75) is 26.7 Å². The number of carbonyl (C=O) groups is 1. The van der Waals surface area contributed by atoms with Crippen molar-refractivity contribution >= 4 is 28.6 Å². The van der Waals surface area contributed by atoms with Gasteiger partial charge in [0.2, 0.25) is 5.91 Å². The third-order valence-corrected chi connectivity index (χ3v) is 6.67. The number of amides is 1. The molecule has 27 heavy (non-hydrogen) atoms. The minimum atomic E-state index is -0.921. The molecule has 0 spiro atoms. The fourth-order valence-electron chi connectivity index (χ4n) is 4.19. The molecular weight excluding hydrogens is 360 g/mol. The molecule has 1 amide bonds. The van der Waals surface area contributed by atoms with Crippen molar-refractivity contribution in [2.75, 3.05) is 11.4 Å². The average Bonchev–Trinajstić information content (AvgIpc) is 3.12. The molecule has 0 unspecified atom stereocenters. The number of hydrogen-bond acceptors (Lipinski definition) is 6. The number of rotatable bonds is 3. The molecule has 2 fully saturated rings. The van der Waals surface area contributed by atoms with E-state index < -0.39 is 5.41 Å². The number of thiazole rings is 1. The maximum absolute atomic E-state index is 13.4. The van der Waals surface area contributed by atoms with Crippen LogP contribution in [0.5, 0.6) is 0 Å². The van der Waals surface area contributed by atoms with Crippen molar-refractivity contribution in [3.05, 3.63) is 29.7 Å². The van der Waals surface area contributed by atoms with Gasteiger partial charge >= 0.3 is 0 Å². The molecule has 0 bridgehead atoms. The summed E-state index contributed by atoms with van der Waals surface area (Å²) in [5.74, 6) is 0.601. The van der Waals surface area contributed by atoms with Gasteiger partial charge in [-0.05, 0) is 31.7 Å². The molecule has 2 aliphatic rings. The Labute approximate surface area is 160 Å². The lowest BCUT2D eigenvalue weighted by Gasteiger charge is -2.23. The first-order valence-electron chi connectivity index (χ1n) is 9.05. The minimum absolute atomic E-state index is 0.0263. The van der Waals surface area contributed by atoms with Crippen LogP contribution >= 0.6 is 11.3 Å². The zero-order valence-electron chi connectivity index (χ0n) is 15.1. The van der Waals surface area contributed by atoms with E-state index in [9.17, 15) is 10.1 Å². The first-order chi connectivity index (χ1) is 13.0. The van der Waals surface area contributed by atoms with Crippen LogP contribution in [0.4, 0.5) is 5.82 Å². The molecule has 4 heterocycles. The molecular formula is C19H18N6OS. The summed E-state index contributed by atoms with van der Waals surface area (Å²) in [4.78, 5) is 25.1. The van der Waals surface area contributed by atoms with E-state index in [2.05, 4.69) is 16.2 Å². The molecule has 3 aromatic heterocycles. The summed E-state index contributed by atoms with van der Waals surface area (Å²) in [5.41, 5.74) is 0.577. The lowest BCUT2D eigenvalue weighted by molar-refractivity contribution is -0.124. The van der Waals surface area contributed by atoms with Gasteiger partial charge in [0.25, 0.3) is 0 Å². The molecule has 3 aromatic rings. The van der Waals surface area contributed by atoms with Crippen LogP contribution in [0.15, 0.2) is 24.7 Å². The summed E-state index contributed by atoms with van der Waals surface area (Å²) in [6.45, 7) is 4.45. The number of aryl methyl sites for hydroxylation is 1. The zero-order valence-corrected chi connectivity index (χ0v) is 15.9. The number of aromatic nitrogens is 4. The predicted octanol–water partition coefficient (Wildman–Crippen LogP) is 3.06. The first kappa shape index (κ1) is 16.4. The Morgan fingerprint density at radius 1 is 1.41 bits per heavy atom. The second-order valence-electron chi connectivity index (χ2n) is 7.43. The van der Waals surface area contributed by atoms with Gasteiger partial charge in [-0.3, -0.25) is 9.69 Å². The van der Waals surface area contributed by atoms with Crippen LogP contribution in [0, 0.1) is 35.5 Å². The number of nitriles is 1. The van der Waals surface area contributed by atoms with Gasteiger partial charge in [0.05, 0.1) is 28.3 Å². The molecule has 0 radical (unpaired) electrons. The van der Waals surface area contributed by atoms with Crippen LogP contribution < -0.4 is 4.90 Å². The van der Waals surface area contributed by atoms with Crippen molar-refractivity contribution in [3.8, 4) is 16.6 Å². The Balaban J connectivity index is 1.66. The number of anilines is 1. The highest BCUT2D eigenvalue weighted by Crippen LogP contribution is 2.54. The molecule has 0 N–H and O–H groups in total. The minimum Gasteiger partial charge on any atom is -0.293 e. The van der Waals surface area contributed by atoms with E-state index in [0.717, 1.165) is 33.9 Å². The zero-order chi connectivity index (χ0) is 18.8. The number of carbonyl (C=O) groups excluding carboxylic acids is 1. The summed E-state index contributed by atoms with van der Waals surface area (Å²) in [6.07, 6.45) is 7.25. The maximum atomic E-state index is 13.4. The third kappa shape index (κ3) is 2.24. The summed E-state index contributed by atoms with van der Waals surface area (Å²) in [5, 5.41) is 15.2. The number of nitrogens with zero attached hydrogens (tertiary/aromatic N) is 6. The van der Waals surface area contributed by atoms with Gasteiger partial charge in [0, 0.05) is 18.7 Å². The van der Waals surface area contributed by atoms with Gasteiger partial charge in [-0.2, -0.15) is 10.4 Å². The second kappa shape index (κ2) is 5.60. The molecule has 5 rings (SSSR count). The van der Waals surface area contributed by atoms with Crippen molar-refractivity contribution in [3.63, 3.8) is 0 Å². The first-order valence-corrected chi connectivity index (χ1v) is 9.86. The highest BCUT2D eigenvalue weighted by atomic mass is 32.1. The van der Waals surface area contributed by atoms with Crippen LogP contribution in [-0.4, -0.2) is 32.0 Å². The van der Waals surface area contributed by atoms with Crippen molar-refractivity contribution in [1.82, 2.24) is 19.6 Å². The molecule has 136 valence electrons. The van der Waals surface area contributed by atoms with Crippen LogP contribution in [0.1, 0.15) is 24.8 Å². The molecule has 1 saturated carbocycles. The predicted molar refractivity (Wildman–Crippen MR) is 101 cm³/mol. The quantitative estimate of drug-likeness (QED) is 0.699. The van der Waals surface area contributed by atoms with Crippen LogP contribution in [0.25, 0.3) is 16.1 Å². The molecule has 7 nitrogen and oxygen atoms in total. The Kier molecular flexibility index (Phi) is 3.40. The van der Waals surface area contributed by atoms with Gasteiger partial charge in [-0.1, -0.05) is 6.92 Å². The molecule has 1 saturated heterocycles. The molecule has 2 atom stereocenters. The fraction of sp³-hybridized carbons (Fsp3) is 0.421. The molecule has 1 aliphatic heterocycles.